The summed E-state index contributed by atoms with van der Waals surface area (Å²) in [4.78, 5) is 46.6. The fourth-order valence-corrected chi connectivity index (χ4v) is 8.09. The summed E-state index contributed by atoms with van der Waals surface area (Å²) in [6.07, 6.45) is 13.2. The maximum absolute atomic E-state index is 13.8. The summed E-state index contributed by atoms with van der Waals surface area (Å²) >= 11 is 0. The van der Waals surface area contributed by atoms with Crippen LogP contribution in [0.1, 0.15) is 16.1 Å². The van der Waals surface area contributed by atoms with Crippen molar-refractivity contribution in [3.63, 3.8) is 0 Å². The Kier molecular flexibility index (Phi) is 36.7. The number of rotatable bonds is 7. The predicted molar refractivity (Wildman–Crippen MR) is 339 cm³/mol. The van der Waals surface area contributed by atoms with Gasteiger partial charge in [0.1, 0.15) is 29.5 Å². The Morgan fingerprint density at radius 2 is 1.10 bits per heavy atom. The Morgan fingerprint density at radius 3 is 1.57 bits per heavy atom. The summed E-state index contributed by atoms with van der Waals surface area (Å²) < 4.78 is 90.7. The van der Waals surface area contributed by atoms with Crippen LogP contribution in [-0.4, -0.2) is 70.1 Å². The fraction of sp³-hybridized carbons (Fsp3) is 0.0423. The minimum absolute atomic E-state index is 0. The molecule has 0 fully saturated rings. The van der Waals surface area contributed by atoms with Gasteiger partial charge in [0.25, 0.3) is 0 Å². The van der Waals surface area contributed by atoms with Crippen LogP contribution in [0, 0.1) is 98.4 Å². The number of fused-ring (bicyclic) bond motifs is 1. The quantitative estimate of drug-likeness (QED) is 0.0907. The van der Waals surface area contributed by atoms with Crippen molar-refractivity contribution in [2.45, 2.75) is 6.92 Å². The zero-order valence-corrected chi connectivity index (χ0v) is 63.4. The van der Waals surface area contributed by atoms with Crippen LogP contribution in [0.25, 0.3) is 50.0 Å². The molecule has 0 spiro atoms. The van der Waals surface area contributed by atoms with Crippen molar-refractivity contribution in [1.29, 1.82) is 0 Å². The topological polar surface area (TPSA) is 172 Å². The Balaban J connectivity index is 0.000000300. The van der Waals surface area contributed by atoms with Gasteiger partial charge in [-0.15, -0.1) is 59.4 Å². The van der Waals surface area contributed by atoms with Crippen LogP contribution in [-0.2, 0) is 101 Å². The van der Waals surface area contributed by atoms with E-state index in [0.29, 0.717) is 17.1 Å². The van der Waals surface area contributed by atoms with Gasteiger partial charge < -0.3 is 49.9 Å². The molecule has 0 saturated carbocycles. The number of nitrogens with zero attached hydrogens (tertiary/aromatic N) is 14. The van der Waals surface area contributed by atoms with Crippen LogP contribution < -0.4 is 19.8 Å². The maximum atomic E-state index is 13.8. The smallest absolute Gasteiger partial charge is 0.574 e. The molecule has 1 N–H and O–H groups in total. The minimum Gasteiger partial charge on any atom is -0.574 e. The molecule has 16 nitrogen and oxygen atoms in total. The predicted octanol–water partition coefficient (Wildman–Crippen LogP) is 15.2. The average Bonchev–Trinajstić information content (AvgIpc) is 1.66. The molecule has 0 bridgehead atoms. The largest absolute Gasteiger partial charge is 3.00 e. The number of carboxylic acids is 1. The van der Waals surface area contributed by atoms with E-state index in [0.717, 1.165) is 46.5 Å². The van der Waals surface area contributed by atoms with Gasteiger partial charge in [0.05, 0.1) is 6.57 Å². The zero-order chi connectivity index (χ0) is 66.8. The Morgan fingerprint density at radius 1 is 0.545 bits per heavy atom. The average molecular weight is 2220 g/mol. The number of halogens is 7. The van der Waals surface area contributed by atoms with Gasteiger partial charge in [-0.25, -0.2) is 27.3 Å². The first kappa shape index (κ1) is 84.0. The third kappa shape index (κ3) is 25.2. The first-order chi connectivity index (χ1) is 45.6. The SMILES string of the molecule is CN1C=CN(c2[c-]cc(F)cc2)[CH-]1.CN1[CH-]N(c2[c-]cccc2)c2ccccc21.Fc1c[c-]c(-c2ccccn2)c(F)n1.Fc1c[c-]c(-c2ccccn2)c(F)n1.O=C(O)c1ccccn1.[C-]#[N+]c1c(F)c[c-]c(-c2cc(C)ccn2)c1F.[Ir+3].[Ir].[Ir].[Ir].[Ir].c1ccc(-c2ccn[n-]2)nc1. The number of pyridine rings is 7. The molecule has 12 aromatic rings. The van der Waals surface area contributed by atoms with Gasteiger partial charge in [-0.1, -0.05) is 95.2 Å². The summed E-state index contributed by atoms with van der Waals surface area (Å²) in [6, 6.07) is 62.9. The number of para-hydroxylation sites is 3. The summed E-state index contributed by atoms with van der Waals surface area (Å²) in [5.74, 6) is -6.65. The molecule has 2 aliphatic rings. The zero-order valence-electron chi connectivity index (χ0n) is 51.4. The molecule has 14 rings (SSSR count). The Bertz CT molecular complexity index is 4360. The van der Waals surface area contributed by atoms with Gasteiger partial charge in [0.2, 0.25) is 0 Å². The molecule has 0 saturated heterocycles. The monoisotopic (exact) mass is 2230 g/mol. The van der Waals surface area contributed by atoms with E-state index < -0.39 is 47.1 Å². The number of aromatic carboxylic acids is 1. The van der Waals surface area contributed by atoms with E-state index in [4.69, 9.17) is 11.7 Å². The van der Waals surface area contributed by atoms with Crippen molar-refractivity contribution in [1.82, 2.24) is 50.0 Å². The van der Waals surface area contributed by atoms with Gasteiger partial charge in [-0.05, 0) is 105 Å². The van der Waals surface area contributed by atoms with E-state index in [9.17, 15) is 35.5 Å². The molecule has 2 aliphatic heterocycles. The van der Waals surface area contributed by atoms with Crippen LogP contribution in [0.2, 0.25) is 0 Å². The van der Waals surface area contributed by atoms with E-state index in [2.05, 4.69) is 134 Å². The second kappa shape index (κ2) is 43.3. The molecular formula is C71H49F7Ir5N14O2-5. The number of carboxylic acid groups (broad SMARTS) is 1. The minimum atomic E-state index is -0.990. The normalized spacial score (nSPS) is 10.8. The van der Waals surface area contributed by atoms with E-state index in [1.807, 2.05) is 85.3 Å². The number of benzene rings is 4. The molecule has 4 radical (unpaired) electrons. The van der Waals surface area contributed by atoms with E-state index >= 15 is 0 Å². The van der Waals surface area contributed by atoms with Crippen molar-refractivity contribution in [3.05, 3.63) is 333 Å². The summed E-state index contributed by atoms with van der Waals surface area (Å²) in [5.41, 5.74) is 7.66. The number of anilines is 4. The van der Waals surface area contributed by atoms with Gasteiger partial charge in [0.15, 0.2) is 5.69 Å². The van der Waals surface area contributed by atoms with E-state index in [1.54, 1.807) is 79.1 Å². The maximum Gasteiger partial charge on any atom is 3.00 e. The molecule has 28 heteroatoms. The van der Waals surface area contributed by atoms with Crippen molar-refractivity contribution < 1.29 is 141 Å². The van der Waals surface area contributed by atoms with Crippen LogP contribution in [0.5, 0.6) is 0 Å². The van der Waals surface area contributed by atoms with Crippen LogP contribution in [0.15, 0.2) is 226 Å². The molecule has 0 atom stereocenters. The number of carbonyl (C=O) groups is 1. The molecule has 0 amide bonds. The van der Waals surface area contributed by atoms with Crippen LogP contribution in [0.4, 0.5) is 59.2 Å². The van der Waals surface area contributed by atoms with E-state index in [1.165, 1.54) is 54.4 Å². The third-order valence-corrected chi connectivity index (χ3v) is 12.5. The second-order valence-electron chi connectivity index (χ2n) is 19.1. The molecule has 99 heavy (non-hydrogen) atoms. The molecule has 10 heterocycles. The second-order valence-corrected chi connectivity index (χ2v) is 19.1. The van der Waals surface area contributed by atoms with Gasteiger partial charge in [-0.3, -0.25) is 33.0 Å². The molecule has 8 aromatic heterocycles. The number of aromatic nitrogens is 9. The number of hydrogen-bond donors (Lipinski definition) is 1. The van der Waals surface area contributed by atoms with Crippen molar-refractivity contribution >= 4 is 34.4 Å². The first-order valence-electron chi connectivity index (χ1n) is 27.7. The fourth-order valence-electron chi connectivity index (χ4n) is 8.09. The van der Waals surface area contributed by atoms with Gasteiger partial charge in [-0.2, -0.15) is 49.7 Å². The molecule has 4 aromatic carbocycles. The van der Waals surface area contributed by atoms with Crippen LogP contribution in [0.3, 0.4) is 0 Å². The first-order valence-corrected chi connectivity index (χ1v) is 27.7. The van der Waals surface area contributed by atoms with Gasteiger partial charge in [0, 0.05) is 152 Å². The van der Waals surface area contributed by atoms with E-state index in [-0.39, 0.29) is 129 Å². The molecule has 514 valence electrons. The van der Waals surface area contributed by atoms with Gasteiger partial charge >= 0.3 is 26.1 Å². The Hall–Kier alpha value is -9.20. The summed E-state index contributed by atoms with van der Waals surface area (Å²) in [7, 11) is 3.99. The molecule has 0 unspecified atom stereocenters. The Labute approximate surface area is 634 Å². The van der Waals surface area contributed by atoms with Crippen molar-refractivity contribution in [3.8, 4) is 45.2 Å². The van der Waals surface area contributed by atoms with Crippen LogP contribution >= 0.6 is 0 Å². The standard InChI is InChI=1S/C14H12N2.C13H7F2N2.2C10H5F2N2.C10H9FN2.C8H6N3.C6H5NO2.5Ir/c1-15-11-16(12-7-3-2-4-8-12)14-10-6-5-9-13(14)15;1-8-5-6-17-11(7-8)9-3-4-10(14)13(16-2)12(9)15;2*11-9-5-4-7(10(12)14-9)8-3-1-2-6-13-8;1-12-6-7-13(8-12)10-4-2-9(11)3-5-10;1-2-5-9-7(3-1)8-4-6-10-11-8;8-6(9)5-3-1-2-4-7-5;;;;;/h2-7,9-11H,1H3;4-7H,1H3;2*1-3,5-6H;2-4,6-8H,1H3;1-6H;1-4H,(H,8,9);;;;;/q-2;3*-1;-2;-1;;;;;;+3. The number of aryl methyl sites for hydroxylation is 1. The third-order valence-electron chi connectivity index (χ3n) is 12.5. The molecular weight excluding hydrogens is 2170 g/mol. The summed E-state index contributed by atoms with van der Waals surface area (Å²) in [5, 5.41) is 15.9. The van der Waals surface area contributed by atoms with Crippen molar-refractivity contribution in [2.24, 2.45) is 0 Å². The summed E-state index contributed by atoms with van der Waals surface area (Å²) in [6.45, 7) is 12.5. The van der Waals surface area contributed by atoms with Crippen molar-refractivity contribution in [2.75, 3.05) is 28.8 Å². The number of hydrogen-bond acceptors (Lipinski definition) is 13. The molecule has 0 aliphatic carbocycles.